The second-order valence-electron chi connectivity index (χ2n) is 7.59. The number of benzene rings is 3. The third kappa shape index (κ3) is 6.13. The molecule has 0 unspecified atom stereocenters. The highest BCUT2D eigenvalue weighted by molar-refractivity contribution is 5.64. The zero-order chi connectivity index (χ0) is 26.6. The molecule has 0 aliphatic heterocycles. The van der Waals surface area contributed by atoms with Crippen molar-refractivity contribution in [1.82, 2.24) is 0 Å². The summed E-state index contributed by atoms with van der Waals surface area (Å²) in [5.41, 5.74) is -0.530. The third-order valence-corrected chi connectivity index (χ3v) is 5.00. The van der Waals surface area contributed by atoms with Crippen molar-refractivity contribution in [3.05, 3.63) is 95.0 Å². The summed E-state index contributed by atoms with van der Waals surface area (Å²) in [4.78, 5) is 0. The van der Waals surface area contributed by atoms with E-state index in [-0.39, 0.29) is 17.7 Å². The number of rotatable bonds is 9. The summed E-state index contributed by atoms with van der Waals surface area (Å²) in [6, 6.07) is 5.40. The van der Waals surface area contributed by atoms with E-state index in [9.17, 15) is 39.5 Å². The summed E-state index contributed by atoms with van der Waals surface area (Å²) in [6.07, 6.45) is -5.06. The van der Waals surface area contributed by atoms with Crippen LogP contribution in [0.4, 0.5) is 39.5 Å². The van der Waals surface area contributed by atoms with E-state index >= 15 is 0 Å². The van der Waals surface area contributed by atoms with Crippen LogP contribution in [0.3, 0.4) is 0 Å². The lowest BCUT2D eigenvalue weighted by molar-refractivity contribution is -0.189. The van der Waals surface area contributed by atoms with Gasteiger partial charge in [0.2, 0.25) is 5.75 Å². The Hall–Kier alpha value is -3.63. The van der Waals surface area contributed by atoms with E-state index in [0.717, 1.165) is 24.8 Å². The van der Waals surface area contributed by atoms with Crippen LogP contribution < -0.4 is 9.47 Å². The van der Waals surface area contributed by atoms with Gasteiger partial charge in [-0.05, 0) is 41.7 Å². The Labute approximate surface area is 199 Å². The van der Waals surface area contributed by atoms with Gasteiger partial charge >= 0.3 is 18.2 Å². The van der Waals surface area contributed by atoms with Crippen LogP contribution in [0.2, 0.25) is 0 Å². The van der Waals surface area contributed by atoms with Crippen molar-refractivity contribution >= 4 is 0 Å². The summed E-state index contributed by atoms with van der Waals surface area (Å²) in [7, 11) is 0. The zero-order valence-electron chi connectivity index (χ0n) is 18.5. The summed E-state index contributed by atoms with van der Waals surface area (Å²) in [5, 5.41) is 0. The molecule has 3 rings (SSSR count). The van der Waals surface area contributed by atoms with Gasteiger partial charge in [-0.1, -0.05) is 37.6 Å². The van der Waals surface area contributed by atoms with E-state index in [4.69, 9.17) is 0 Å². The summed E-state index contributed by atoms with van der Waals surface area (Å²) in [6.45, 7) is 2.02. The Morgan fingerprint density at radius 1 is 0.778 bits per heavy atom. The molecule has 0 N–H and O–H groups in total. The molecule has 0 aliphatic rings. The normalized spacial score (nSPS) is 11.4. The van der Waals surface area contributed by atoms with E-state index in [0.29, 0.717) is 17.7 Å². The first-order chi connectivity index (χ1) is 16.9. The lowest BCUT2D eigenvalue weighted by Crippen LogP contribution is -2.25. The monoisotopic (exact) mass is 520 g/mol. The number of hydrogen-bond donors (Lipinski definition) is 0. The number of halogens is 9. The van der Waals surface area contributed by atoms with Crippen molar-refractivity contribution in [2.75, 3.05) is 0 Å². The first-order valence-corrected chi connectivity index (χ1v) is 10.5. The van der Waals surface area contributed by atoms with Crippen LogP contribution >= 0.6 is 0 Å². The minimum atomic E-state index is -4.76. The molecule has 3 aromatic carbocycles. The van der Waals surface area contributed by atoms with Crippen molar-refractivity contribution in [3.8, 4) is 22.6 Å². The second kappa shape index (κ2) is 11.0. The van der Waals surface area contributed by atoms with E-state index in [1.54, 1.807) is 24.3 Å². The Morgan fingerprint density at radius 2 is 1.33 bits per heavy atom. The molecule has 0 aromatic heterocycles. The molecule has 0 fully saturated rings. The third-order valence-electron chi connectivity index (χ3n) is 5.00. The Balaban J connectivity index is 1.88. The molecule has 0 radical (unpaired) electrons. The van der Waals surface area contributed by atoms with Gasteiger partial charge in [0, 0.05) is 12.1 Å². The predicted octanol–water partition coefficient (Wildman–Crippen LogP) is 8.79. The average molecular weight is 520 g/mol. The topological polar surface area (TPSA) is 18.5 Å². The number of hydrogen-bond acceptors (Lipinski definition) is 2. The molecule has 0 saturated heterocycles. The number of alkyl halides is 2. The van der Waals surface area contributed by atoms with Gasteiger partial charge < -0.3 is 9.47 Å². The molecule has 0 saturated carbocycles. The summed E-state index contributed by atoms with van der Waals surface area (Å²) in [5.74, 6) is -10.1. The van der Waals surface area contributed by atoms with Gasteiger partial charge in [-0.2, -0.15) is 22.0 Å². The smallest absolute Gasteiger partial charge is 0.429 e. The van der Waals surface area contributed by atoms with Gasteiger partial charge in [-0.25, -0.2) is 17.6 Å². The van der Waals surface area contributed by atoms with Gasteiger partial charge in [0.15, 0.2) is 11.6 Å². The molecule has 0 bridgehead atoms. The van der Waals surface area contributed by atoms with Crippen LogP contribution in [0.5, 0.6) is 11.5 Å². The summed E-state index contributed by atoms with van der Waals surface area (Å²) >= 11 is 0. The second-order valence-corrected chi connectivity index (χ2v) is 7.59. The Kier molecular flexibility index (Phi) is 8.21. The molecule has 192 valence electrons. The number of unbranched alkanes of at least 4 members (excludes halogenated alkanes) is 1. The number of ether oxygens (including phenoxy) is 2. The van der Waals surface area contributed by atoms with Crippen molar-refractivity contribution in [2.45, 2.75) is 32.3 Å². The highest BCUT2D eigenvalue weighted by Crippen LogP contribution is 2.39. The van der Waals surface area contributed by atoms with E-state index < -0.39 is 58.5 Å². The van der Waals surface area contributed by atoms with Crippen LogP contribution in [-0.2, 0) is 12.5 Å². The highest BCUT2D eigenvalue weighted by Gasteiger charge is 2.41. The maximum atomic E-state index is 14.6. The van der Waals surface area contributed by atoms with Gasteiger partial charge in [-0.15, -0.1) is 0 Å². The largest absolute Gasteiger partial charge is 0.432 e. The van der Waals surface area contributed by atoms with Crippen LogP contribution in [0.15, 0.2) is 60.6 Å². The fourth-order valence-corrected chi connectivity index (χ4v) is 3.28. The van der Waals surface area contributed by atoms with E-state index in [1.165, 1.54) is 0 Å². The standard InChI is InChI=1S/C25H17F9O2/c1-2-3-4-13-5-7-14(8-6-13)15-9-17(26)21(18(27)10-15)25(33,34)36-16-11-19(28)22(20(29)12-16)35-24(32)23(30)31/h5-12H,2-4H2,1H3. The lowest BCUT2D eigenvalue weighted by Gasteiger charge is -2.20. The molecule has 0 heterocycles. The average Bonchev–Trinajstić information content (AvgIpc) is 2.79. The maximum absolute atomic E-state index is 14.6. The molecule has 3 aromatic rings. The van der Waals surface area contributed by atoms with Gasteiger partial charge in [0.05, 0.1) is 0 Å². The minimum Gasteiger partial charge on any atom is -0.429 e. The molecular weight excluding hydrogens is 503 g/mol. The highest BCUT2D eigenvalue weighted by atomic mass is 19.3. The van der Waals surface area contributed by atoms with Gasteiger partial charge in [0.25, 0.3) is 0 Å². The van der Waals surface area contributed by atoms with Gasteiger partial charge in [0.1, 0.15) is 22.9 Å². The minimum absolute atomic E-state index is 0.0413. The van der Waals surface area contributed by atoms with Crippen LogP contribution in [0, 0.1) is 23.3 Å². The van der Waals surface area contributed by atoms with Crippen molar-refractivity contribution in [2.24, 2.45) is 0 Å². The molecule has 0 aliphatic carbocycles. The zero-order valence-corrected chi connectivity index (χ0v) is 18.5. The van der Waals surface area contributed by atoms with Crippen molar-refractivity contribution in [1.29, 1.82) is 0 Å². The Bertz CT molecular complexity index is 1220. The molecule has 36 heavy (non-hydrogen) atoms. The number of aryl methyl sites for hydroxylation is 1. The predicted molar refractivity (Wildman–Crippen MR) is 112 cm³/mol. The van der Waals surface area contributed by atoms with E-state index in [1.807, 2.05) is 6.92 Å². The maximum Gasteiger partial charge on any atom is 0.432 e. The lowest BCUT2D eigenvalue weighted by atomic mass is 10.00. The van der Waals surface area contributed by atoms with E-state index in [2.05, 4.69) is 9.47 Å². The molecule has 0 amide bonds. The molecular formula is C25H17F9O2. The molecule has 11 heteroatoms. The SMILES string of the molecule is CCCCc1ccc(-c2cc(F)c(C(F)(F)Oc3cc(F)c(OC(F)=C(F)F)c(F)c3)c(F)c2)cc1. The summed E-state index contributed by atoms with van der Waals surface area (Å²) < 4.78 is 131. The first-order valence-electron chi connectivity index (χ1n) is 10.5. The fraction of sp³-hybridized carbons (Fsp3) is 0.200. The van der Waals surface area contributed by atoms with Crippen molar-refractivity contribution < 1.29 is 49.0 Å². The molecule has 0 spiro atoms. The molecule has 0 atom stereocenters. The Morgan fingerprint density at radius 3 is 1.83 bits per heavy atom. The quantitative estimate of drug-likeness (QED) is 0.207. The molecule has 2 nitrogen and oxygen atoms in total. The first kappa shape index (κ1) is 27.0. The van der Waals surface area contributed by atoms with Crippen molar-refractivity contribution in [3.63, 3.8) is 0 Å². The fourth-order valence-electron chi connectivity index (χ4n) is 3.28. The van der Waals surface area contributed by atoms with Crippen LogP contribution in [0.1, 0.15) is 30.9 Å². The van der Waals surface area contributed by atoms with Crippen LogP contribution in [0.25, 0.3) is 11.1 Å². The van der Waals surface area contributed by atoms with Crippen LogP contribution in [-0.4, -0.2) is 0 Å². The van der Waals surface area contributed by atoms with Gasteiger partial charge in [-0.3, -0.25) is 0 Å².